The van der Waals surface area contributed by atoms with Crippen molar-refractivity contribution in [3.63, 3.8) is 0 Å². The van der Waals surface area contributed by atoms with E-state index < -0.39 is 0 Å². The Morgan fingerprint density at radius 2 is 2.10 bits per heavy atom. The average Bonchev–Trinajstić information content (AvgIpc) is 2.81. The minimum absolute atomic E-state index is 0.446. The van der Waals surface area contributed by atoms with Crippen LogP contribution in [0.1, 0.15) is 32.2 Å². The highest BCUT2D eigenvalue weighted by Gasteiger charge is 2.31. The zero-order chi connectivity index (χ0) is 15.4. The maximum absolute atomic E-state index is 6.56. The van der Waals surface area contributed by atoms with E-state index in [1.807, 2.05) is 0 Å². The third-order valence-electron chi connectivity index (χ3n) is 4.11. The van der Waals surface area contributed by atoms with Crippen LogP contribution in [0.4, 0.5) is 0 Å². The van der Waals surface area contributed by atoms with Crippen LogP contribution >= 0.6 is 35.1 Å². The minimum atomic E-state index is 0.446. The van der Waals surface area contributed by atoms with Crippen LogP contribution in [-0.2, 0) is 19.4 Å². The molecule has 1 aromatic rings. The van der Waals surface area contributed by atoms with Crippen LogP contribution in [0, 0.1) is 0 Å². The molecule has 0 radical (unpaired) electrons. The van der Waals surface area contributed by atoms with Crippen molar-refractivity contribution in [1.29, 1.82) is 0 Å². The van der Waals surface area contributed by atoms with Crippen LogP contribution in [-0.4, -0.2) is 44.9 Å². The van der Waals surface area contributed by atoms with Gasteiger partial charge in [0, 0.05) is 41.0 Å². The summed E-state index contributed by atoms with van der Waals surface area (Å²) < 4.78 is 2.08. The van der Waals surface area contributed by atoms with Crippen molar-refractivity contribution in [3.05, 3.63) is 16.4 Å². The zero-order valence-corrected chi connectivity index (χ0v) is 15.7. The van der Waals surface area contributed by atoms with Crippen LogP contribution in [0.5, 0.6) is 0 Å². The Morgan fingerprint density at radius 1 is 1.38 bits per heavy atom. The van der Waals surface area contributed by atoms with E-state index in [0.717, 1.165) is 30.1 Å². The molecule has 0 spiro atoms. The van der Waals surface area contributed by atoms with Gasteiger partial charge in [0.05, 0.1) is 16.4 Å². The average molecular weight is 348 g/mol. The van der Waals surface area contributed by atoms with Crippen molar-refractivity contribution in [2.24, 2.45) is 0 Å². The molecular formula is C15H26ClN3S2. The molecule has 0 bridgehead atoms. The Kier molecular flexibility index (Phi) is 6.79. The van der Waals surface area contributed by atoms with E-state index in [1.54, 1.807) is 0 Å². The molecule has 1 N–H and O–H groups in total. The first-order valence-corrected chi connectivity index (χ1v) is 10.2. The Morgan fingerprint density at radius 3 is 2.67 bits per heavy atom. The van der Waals surface area contributed by atoms with Gasteiger partial charge < -0.3 is 5.32 Å². The standard InChI is InChI=1S/C15H26ClN3S2/c1-5-11-14(16)13(19(6-2)18-11)9-12(17-4)15-10(3)20-7-8-21-15/h10,12,15,17H,5-9H2,1-4H3. The van der Waals surface area contributed by atoms with Crippen LogP contribution in [0.2, 0.25) is 5.02 Å². The third kappa shape index (κ3) is 3.92. The lowest BCUT2D eigenvalue weighted by molar-refractivity contribution is 0.502. The van der Waals surface area contributed by atoms with E-state index in [-0.39, 0.29) is 0 Å². The number of hydrogen-bond donors (Lipinski definition) is 1. The van der Waals surface area contributed by atoms with Gasteiger partial charge in [-0.3, -0.25) is 4.68 Å². The molecule has 120 valence electrons. The fraction of sp³-hybridized carbons (Fsp3) is 0.800. The smallest absolute Gasteiger partial charge is 0.0850 e. The Hall–Kier alpha value is 0.160. The van der Waals surface area contributed by atoms with Gasteiger partial charge in [0.25, 0.3) is 0 Å². The normalized spacial score (nSPS) is 24.2. The first-order chi connectivity index (χ1) is 10.1. The number of thioether (sulfide) groups is 2. The molecule has 1 aliphatic heterocycles. The van der Waals surface area contributed by atoms with Gasteiger partial charge in [0.2, 0.25) is 0 Å². The van der Waals surface area contributed by atoms with Crippen molar-refractivity contribution in [3.8, 4) is 0 Å². The fourth-order valence-corrected chi connectivity index (χ4v) is 6.24. The monoisotopic (exact) mass is 347 g/mol. The highest BCUT2D eigenvalue weighted by Crippen LogP contribution is 2.35. The van der Waals surface area contributed by atoms with Crippen molar-refractivity contribution >= 4 is 35.1 Å². The molecular weight excluding hydrogens is 322 g/mol. The quantitative estimate of drug-likeness (QED) is 0.853. The summed E-state index contributed by atoms with van der Waals surface area (Å²) in [5.74, 6) is 2.52. The highest BCUT2D eigenvalue weighted by molar-refractivity contribution is 8.07. The fourth-order valence-electron chi connectivity index (χ4n) is 2.89. The molecule has 1 saturated heterocycles. The largest absolute Gasteiger partial charge is 0.315 e. The highest BCUT2D eigenvalue weighted by atomic mass is 35.5. The second kappa shape index (κ2) is 8.14. The lowest BCUT2D eigenvalue weighted by atomic mass is 10.0. The number of aromatic nitrogens is 2. The molecule has 1 fully saturated rings. The number of rotatable bonds is 6. The van der Waals surface area contributed by atoms with E-state index in [2.05, 4.69) is 66.4 Å². The second-order valence-corrected chi connectivity index (χ2v) is 8.54. The summed E-state index contributed by atoms with van der Waals surface area (Å²) in [5, 5.41) is 10.4. The molecule has 3 nitrogen and oxygen atoms in total. The Labute approximate surface area is 142 Å². The maximum Gasteiger partial charge on any atom is 0.0850 e. The van der Waals surface area contributed by atoms with E-state index in [1.165, 1.54) is 17.2 Å². The van der Waals surface area contributed by atoms with E-state index in [4.69, 9.17) is 11.6 Å². The van der Waals surface area contributed by atoms with Crippen molar-refractivity contribution in [2.75, 3.05) is 18.6 Å². The summed E-state index contributed by atoms with van der Waals surface area (Å²) in [5.41, 5.74) is 2.22. The summed E-state index contributed by atoms with van der Waals surface area (Å²) in [6, 6.07) is 0.446. The van der Waals surface area contributed by atoms with E-state index in [0.29, 0.717) is 16.5 Å². The Bertz CT molecular complexity index is 464. The second-order valence-electron chi connectivity index (χ2n) is 5.39. The van der Waals surface area contributed by atoms with Gasteiger partial charge in [-0.05, 0) is 20.4 Å². The number of hydrogen-bond acceptors (Lipinski definition) is 4. The maximum atomic E-state index is 6.56. The number of nitrogens with zero attached hydrogens (tertiary/aromatic N) is 2. The van der Waals surface area contributed by atoms with E-state index in [9.17, 15) is 0 Å². The number of nitrogens with one attached hydrogen (secondary N) is 1. The molecule has 0 aliphatic carbocycles. The SMILES string of the molecule is CCc1nn(CC)c(CC(NC)C2SCCSC2C)c1Cl. The third-order valence-corrected chi connectivity index (χ3v) is 7.80. The molecule has 3 unspecified atom stereocenters. The van der Waals surface area contributed by atoms with Gasteiger partial charge in [-0.2, -0.15) is 28.6 Å². The lowest BCUT2D eigenvalue weighted by Gasteiger charge is -2.34. The molecule has 0 aromatic carbocycles. The topological polar surface area (TPSA) is 29.9 Å². The van der Waals surface area contributed by atoms with Crippen molar-refractivity contribution in [2.45, 2.75) is 56.7 Å². The van der Waals surface area contributed by atoms with Gasteiger partial charge in [-0.15, -0.1) is 0 Å². The van der Waals surface area contributed by atoms with Crippen LogP contribution in [0.3, 0.4) is 0 Å². The predicted molar refractivity (Wildman–Crippen MR) is 97.0 cm³/mol. The molecule has 0 amide bonds. The summed E-state index contributed by atoms with van der Waals surface area (Å²) in [6.45, 7) is 7.48. The van der Waals surface area contributed by atoms with Gasteiger partial charge in [0.1, 0.15) is 0 Å². The Balaban J connectivity index is 2.19. The van der Waals surface area contributed by atoms with Gasteiger partial charge in [-0.25, -0.2) is 0 Å². The molecule has 2 rings (SSSR count). The summed E-state index contributed by atoms with van der Waals surface area (Å²) in [6.07, 6.45) is 1.85. The van der Waals surface area contributed by atoms with Crippen LogP contribution < -0.4 is 5.32 Å². The first-order valence-electron chi connectivity index (χ1n) is 7.76. The van der Waals surface area contributed by atoms with Crippen molar-refractivity contribution in [1.82, 2.24) is 15.1 Å². The molecule has 21 heavy (non-hydrogen) atoms. The molecule has 3 atom stereocenters. The van der Waals surface area contributed by atoms with Crippen molar-refractivity contribution < 1.29 is 0 Å². The predicted octanol–water partition coefficient (Wildman–Crippen LogP) is 3.49. The number of aryl methyl sites for hydroxylation is 2. The van der Waals surface area contributed by atoms with Crippen LogP contribution in [0.15, 0.2) is 0 Å². The van der Waals surface area contributed by atoms with Crippen LogP contribution in [0.25, 0.3) is 0 Å². The van der Waals surface area contributed by atoms with Gasteiger partial charge >= 0.3 is 0 Å². The molecule has 1 aliphatic rings. The number of likely N-dealkylation sites (N-methyl/N-ethyl adjacent to an activating group) is 1. The van der Waals surface area contributed by atoms with Gasteiger partial charge in [0.15, 0.2) is 0 Å². The van der Waals surface area contributed by atoms with Gasteiger partial charge in [-0.1, -0.05) is 25.4 Å². The summed E-state index contributed by atoms with van der Waals surface area (Å²) >= 11 is 10.7. The lowest BCUT2D eigenvalue weighted by Crippen LogP contribution is -2.44. The summed E-state index contributed by atoms with van der Waals surface area (Å²) in [4.78, 5) is 0. The summed E-state index contributed by atoms with van der Waals surface area (Å²) in [7, 11) is 2.07. The molecule has 6 heteroatoms. The van der Waals surface area contributed by atoms with E-state index >= 15 is 0 Å². The molecule has 2 heterocycles. The molecule has 1 aromatic heterocycles. The zero-order valence-electron chi connectivity index (χ0n) is 13.4. The number of halogens is 1. The molecule has 0 saturated carbocycles. The minimum Gasteiger partial charge on any atom is -0.315 e. The first kappa shape index (κ1) is 17.5.